The first-order valence-corrected chi connectivity index (χ1v) is 6.70. The first kappa shape index (κ1) is 17.7. The molecule has 21 heavy (non-hydrogen) atoms. The summed E-state index contributed by atoms with van der Waals surface area (Å²) in [7, 11) is 0. The van der Waals surface area contributed by atoms with Crippen molar-refractivity contribution in [3.8, 4) is 5.75 Å². The molecule has 5 nitrogen and oxygen atoms in total. The van der Waals surface area contributed by atoms with E-state index in [1.165, 1.54) is 24.3 Å². The van der Waals surface area contributed by atoms with Gasteiger partial charge in [-0.1, -0.05) is 0 Å². The molecular weight excluding hydrogens is 299 g/mol. The molecule has 0 aliphatic heterocycles. The molecule has 0 radical (unpaired) electrons. The van der Waals surface area contributed by atoms with Crippen LogP contribution >= 0.6 is 12.4 Å². The SMILES string of the molecule is Cl.O=C(CNC1CC1)NCC(O)COc1ccc(F)cc1. The van der Waals surface area contributed by atoms with E-state index in [1.807, 2.05) is 0 Å². The average molecular weight is 319 g/mol. The highest BCUT2D eigenvalue weighted by molar-refractivity contribution is 5.85. The van der Waals surface area contributed by atoms with Gasteiger partial charge >= 0.3 is 0 Å². The lowest BCUT2D eigenvalue weighted by Gasteiger charge is -2.13. The van der Waals surface area contributed by atoms with E-state index in [0.29, 0.717) is 11.8 Å². The topological polar surface area (TPSA) is 70.6 Å². The second-order valence-electron chi connectivity index (χ2n) is 4.88. The van der Waals surface area contributed by atoms with Crippen molar-refractivity contribution in [2.24, 2.45) is 0 Å². The van der Waals surface area contributed by atoms with Crippen molar-refractivity contribution in [1.29, 1.82) is 0 Å². The number of aliphatic hydroxyl groups is 1. The zero-order valence-electron chi connectivity index (χ0n) is 11.5. The predicted molar refractivity (Wildman–Crippen MR) is 79.2 cm³/mol. The first-order chi connectivity index (χ1) is 9.63. The molecule has 1 aliphatic carbocycles. The molecule has 0 saturated heterocycles. The molecule has 1 fully saturated rings. The van der Waals surface area contributed by atoms with E-state index in [-0.39, 0.29) is 43.8 Å². The van der Waals surface area contributed by atoms with Crippen molar-refractivity contribution < 1.29 is 19.0 Å². The summed E-state index contributed by atoms with van der Waals surface area (Å²) in [6.45, 7) is 0.449. The Labute approximate surface area is 129 Å². The van der Waals surface area contributed by atoms with E-state index in [4.69, 9.17) is 4.74 Å². The van der Waals surface area contributed by atoms with Gasteiger partial charge in [-0.2, -0.15) is 0 Å². The van der Waals surface area contributed by atoms with Crippen LogP contribution in [-0.2, 0) is 4.79 Å². The van der Waals surface area contributed by atoms with Crippen molar-refractivity contribution in [1.82, 2.24) is 10.6 Å². The summed E-state index contributed by atoms with van der Waals surface area (Å²) in [6, 6.07) is 6.02. The maximum Gasteiger partial charge on any atom is 0.234 e. The Morgan fingerprint density at radius 1 is 1.38 bits per heavy atom. The molecule has 1 amide bonds. The fourth-order valence-corrected chi connectivity index (χ4v) is 1.60. The van der Waals surface area contributed by atoms with E-state index < -0.39 is 6.10 Å². The smallest absolute Gasteiger partial charge is 0.234 e. The highest BCUT2D eigenvalue weighted by atomic mass is 35.5. The Kier molecular flexibility index (Phi) is 7.42. The Bertz CT molecular complexity index is 440. The van der Waals surface area contributed by atoms with Crippen LogP contribution in [0.4, 0.5) is 4.39 Å². The number of nitrogens with one attached hydrogen (secondary N) is 2. The molecule has 1 aliphatic rings. The number of ether oxygens (including phenoxy) is 1. The van der Waals surface area contributed by atoms with Crippen LogP contribution in [-0.4, -0.2) is 42.9 Å². The second-order valence-corrected chi connectivity index (χ2v) is 4.88. The highest BCUT2D eigenvalue weighted by Gasteiger charge is 2.21. The van der Waals surface area contributed by atoms with Gasteiger partial charge in [0.15, 0.2) is 0 Å². The van der Waals surface area contributed by atoms with Crippen LogP contribution in [0.25, 0.3) is 0 Å². The van der Waals surface area contributed by atoms with E-state index in [0.717, 1.165) is 12.8 Å². The second kappa shape index (κ2) is 8.81. The largest absolute Gasteiger partial charge is 0.491 e. The average Bonchev–Trinajstić information content (AvgIpc) is 3.26. The van der Waals surface area contributed by atoms with Gasteiger partial charge in [-0.15, -0.1) is 12.4 Å². The van der Waals surface area contributed by atoms with Crippen LogP contribution in [0.1, 0.15) is 12.8 Å². The van der Waals surface area contributed by atoms with Crippen LogP contribution in [0.5, 0.6) is 5.75 Å². The number of hydrogen-bond donors (Lipinski definition) is 3. The Hall–Kier alpha value is -1.37. The van der Waals surface area contributed by atoms with Crippen LogP contribution in [0, 0.1) is 5.82 Å². The molecule has 0 spiro atoms. The predicted octanol–water partition coefficient (Wildman–Crippen LogP) is 0.855. The zero-order chi connectivity index (χ0) is 14.4. The molecule has 0 aromatic heterocycles. The van der Waals surface area contributed by atoms with Gasteiger partial charge in [0.05, 0.1) is 6.54 Å². The van der Waals surface area contributed by atoms with Crippen LogP contribution in [0.15, 0.2) is 24.3 Å². The highest BCUT2D eigenvalue weighted by Crippen LogP contribution is 2.17. The summed E-state index contributed by atoms with van der Waals surface area (Å²) in [4.78, 5) is 11.4. The maximum atomic E-state index is 12.7. The number of carbonyl (C=O) groups excluding carboxylic acids is 1. The molecule has 2 rings (SSSR count). The van der Waals surface area contributed by atoms with Gasteiger partial charge in [0, 0.05) is 12.6 Å². The van der Waals surface area contributed by atoms with Crippen molar-refractivity contribution in [3.05, 3.63) is 30.1 Å². The Morgan fingerprint density at radius 2 is 2.05 bits per heavy atom. The molecule has 1 aromatic rings. The first-order valence-electron chi connectivity index (χ1n) is 6.70. The van der Waals surface area contributed by atoms with Gasteiger partial charge in [-0.3, -0.25) is 4.79 Å². The van der Waals surface area contributed by atoms with E-state index in [9.17, 15) is 14.3 Å². The van der Waals surface area contributed by atoms with Crippen molar-refractivity contribution in [2.45, 2.75) is 25.0 Å². The van der Waals surface area contributed by atoms with Crippen molar-refractivity contribution in [3.63, 3.8) is 0 Å². The number of halogens is 2. The normalized spacial score (nSPS) is 15.0. The number of rotatable bonds is 8. The minimum absolute atomic E-state index is 0. The van der Waals surface area contributed by atoms with Crippen LogP contribution < -0.4 is 15.4 Å². The standard InChI is InChI=1S/C14H19FN2O3.ClH/c15-10-1-5-13(6-2-10)20-9-12(18)7-17-14(19)8-16-11-3-4-11;/h1-2,5-6,11-12,16,18H,3-4,7-9H2,(H,17,19);1H. The number of amides is 1. The fraction of sp³-hybridized carbons (Fsp3) is 0.500. The van der Waals surface area contributed by atoms with Gasteiger partial charge < -0.3 is 20.5 Å². The third kappa shape index (κ3) is 7.27. The van der Waals surface area contributed by atoms with E-state index in [1.54, 1.807) is 0 Å². The molecule has 7 heteroatoms. The van der Waals surface area contributed by atoms with Gasteiger partial charge in [0.1, 0.15) is 24.3 Å². The minimum atomic E-state index is -0.801. The van der Waals surface area contributed by atoms with Gasteiger partial charge in [-0.25, -0.2) is 4.39 Å². The Morgan fingerprint density at radius 3 is 2.67 bits per heavy atom. The van der Waals surface area contributed by atoms with Crippen molar-refractivity contribution in [2.75, 3.05) is 19.7 Å². The third-order valence-corrected chi connectivity index (χ3v) is 2.92. The summed E-state index contributed by atoms with van der Waals surface area (Å²) in [5, 5.41) is 15.4. The maximum absolute atomic E-state index is 12.7. The molecular formula is C14H20ClFN2O3. The molecule has 1 unspecified atom stereocenters. The quantitative estimate of drug-likeness (QED) is 0.665. The molecule has 1 saturated carbocycles. The van der Waals surface area contributed by atoms with Crippen molar-refractivity contribution >= 4 is 18.3 Å². The lowest BCUT2D eigenvalue weighted by Crippen LogP contribution is -2.40. The number of carbonyl (C=O) groups is 1. The molecule has 1 atom stereocenters. The van der Waals surface area contributed by atoms with Gasteiger partial charge in [0.2, 0.25) is 5.91 Å². The fourth-order valence-electron chi connectivity index (χ4n) is 1.60. The molecule has 0 bridgehead atoms. The van der Waals surface area contributed by atoms with Gasteiger partial charge in [-0.05, 0) is 37.1 Å². The summed E-state index contributed by atoms with van der Waals surface area (Å²) in [5.74, 6) is -0.00164. The lowest BCUT2D eigenvalue weighted by molar-refractivity contribution is -0.120. The van der Waals surface area contributed by atoms with Crippen LogP contribution in [0.3, 0.4) is 0 Å². The third-order valence-electron chi connectivity index (χ3n) is 2.92. The number of hydrogen-bond acceptors (Lipinski definition) is 4. The summed E-state index contributed by atoms with van der Waals surface area (Å²) < 4.78 is 18.0. The number of benzene rings is 1. The van der Waals surface area contributed by atoms with E-state index >= 15 is 0 Å². The van der Waals surface area contributed by atoms with Gasteiger partial charge in [0.25, 0.3) is 0 Å². The number of aliphatic hydroxyl groups excluding tert-OH is 1. The minimum Gasteiger partial charge on any atom is -0.491 e. The lowest BCUT2D eigenvalue weighted by atomic mass is 10.3. The van der Waals surface area contributed by atoms with E-state index in [2.05, 4.69) is 10.6 Å². The summed E-state index contributed by atoms with van der Waals surface area (Å²) in [6.07, 6.45) is 1.45. The summed E-state index contributed by atoms with van der Waals surface area (Å²) in [5.41, 5.74) is 0. The molecule has 0 heterocycles. The van der Waals surface area contributed by atoms with Crippen LogP contribution in [0.2, 0.25) is 0 Å². The monoisotopic (exact) mass is 318 g/mol. The molecule has 3 N–H and O–H groups in total. The molecule has 1 aromatic carbocycles. The molecule has 118 valence electrons. The zero-order valence-corrected chi connectivity index (χ0v) is 12.4. The Balaban J connectivity index is 0.00000220. The summed E-state index contributed by atoms with van der Waals surface area (Å²) >= 11 is 0.